The van der Waals surface area contributed by atoms with Crippen LogP contribution in [0.3, 0.4) is 0 Å². The minimum Gasteiger partial charge on any atom is -0.359 e. The van der Waals surface area contributed by atoms with Crippen molar-refractivity contribution in [3.8, 4) is 0 Å². The number of piperidine rings is 1. The van der Waals surface area contributed by atoms with Gasteiger partial charge < -0.3 is 15.2 Å². The topological polar surface area (TPSA) is 99.8 Å². The molecule has 0 atom stereocenters. The van der Waals surface area contributed by atoms with E-state index in [4.69, 9.17) is 4.52 Å². The lowest BCUT2D eigenvalue weighted by atomic mass is 9.99. The molecule has 1 aliphatic rings. The van der Waals surface area contributed by atoms with Gasteiger partial charge in [-0.25, -0.2) is 0 Å². The zero-order valence-corrected chi connectivity index (χ0v) is 18.6. The highest BCUT2D eigenvalue weighted by atomic mass is 127. The van der Waals surface area contributed by atoms with Gasteiger partial charge in [-0.15, -0.1) is 24.0 Å². The molecule has 2 N–H and O–H groups in total. The highest BCUT2D eigenvalue weighted by molar-refractivity contribution is 14.0. The Kier molecular flexibility index (Phi) is 10.3. The number of aliphatic imine (C=N–C) groups is 1. The summed E-state index contributed by atoms with van der Waals surface area (Å²) in [5, 5.41) is 10.4. The Morgan fingerprint density at radius 3 is 2.52 bits per heavy atom. The van der Waals surface area contributed by atoms with Crippen molar-refractivity contribution in [3.63, 3.8) is 0 Å². The van der Waals surface area contributed by atoms with Crippen LogP contribution in [0.5, 0.6) is 0 Å². The molecule has 1 aromatic heterocycles. The molecule has 1 saturated heterocycles. The van der Waals surface area contributed by atoms with Crippen molar-refractivity contribution >= 4 is 41.8 Å². The summed E-state index contributed by atoms with van der Waals surface area (Å²) in [7, 11) is 1.67. The summed E-state index contributed by atoms with van der Waals surface area (Å²) in [4.78, 5) is 29.0. The van der Waals surface area contributed by atoms with E-state index < -0.39 is 0 Å². The molecule has 0 radical (unpaired) electrons. The van der Waals surface area contributed by atoms with Crippen LogP contribution in [-0.4, -0.2) is 48.0 Å². The van der Waals surface area contributed by atoms with Crippen molar-refractivity contribution in [2.45, 2.75) is 58.4 Å². The second kappa shape index (κ2) is 11.9. The third kappa shape index (κ3) is 6.78. The van der Waals surface area contributed by atoms with Gasteiger partial charge in [-0.2, -0.15) is 0 Å². The Hall–Kier alpha value is -1.65. The number of hydrogen-bond acceptors (Lipinski definition) is 5. The minimum atomic E-state index is -0.0958. The van der Waals surface area contributed by atoms with Crippen molar-refractivity contribution in [2.24, 2.45) is 4.99 Å². The lowest BCUT2D eigenvalue weighted by Gasteiger charge is -2.25. The van der Waals surface area contributed by atoms with Crippen molar-refractivity contribution in [3.05, 3.63) is 17.5 Å². The minimum absolute atomic E-state index is 0. The molecule has 0 saturated carbocycles. The number of guanidine groups is 1. The molecular weight excluding hydrogens is 461 g/mol. The average molecular weight is 491 g/mol. The molecule has 1 fully saturated rings. The lowest BCUT2D eigenvalue weighted by molar-refractivity contribution is -0.147. The normalized spacial score (nSPS) is 15.1. The summed E-state index contributed by atoms with van der Waals surface area (Å²) < 4.78 is 5.38. The second-order valence-electron chi connectivity index (χ2n) is 6.38. The van der Waals surface area contributed by atoms with E-state index >= 15 is 0 Å². The van der Waals surface area contributed by atoms with E-state index in [0.717, 1.165) is 24.3 Å². The average Bonchev–Trinajstić information content (AvgIpc) is 3.10. The molecule has 2 amide bonds. The van der Waals surface area contributed by atoms with Gasteiger partial charge in [0.05, 0.1) is 12.2 Å². The number of likely N-dealkylation sites (tertiary alicyclic amines) is 1. The van der Waals surface area contributed by atoms with Crippen LogP contribution < -0.4 is 10.6 Å². The first kappa shape index (κ1) is 23.4. The number of amides is 2. The predicted molar refractivity (Wildman–Crippen MR) is 114 cm³/mol. The number of hydrogen-bond donors (Lipinski definition) is 2. The fourth-order valence-corrected chi connectivity index (χ4v) is 3.04. The smallest absolute Gasteiger partial charge is 0.229 e. The second-order valence-corrected chi connectivity index (χ2v) is 6.38. The third-order valence-electron chi connectivity index (χ3n) is 4.65. The first-order valence-electron chi connectivity index (χ1n) is 9.32. The first-order valence-corrected chi connectivity index (χ1v) is 9.32. The van der Waals surface area contributed by atoms with Crippen molar-refractivity contribution in [2.75, 3.05) is 20.1 Å². The van der Waals surface area contributed by atoms with E-state index in [-0.39, 0.29) is 35.8 Å². The van der Waals surface area contributed by atoms with Crippen LogP contribution in [0.15, 0.2) is 15.6 Å². The zero-order valence-electron chi connectivity index (χ0n) is 16.3. The number of halogens is 1. The van der Waals surface area contributed by atoms with Crippen LogP contribution in [0.2, 0.25) is 0 Å². The molecule has 2 rings (SSSR count). The van der Waals surface area contributed by atoms with Crippen LogP contribution in [-0.2, 0) is 16.1 Å². The molecule has 0 spiro atoms. The van der Waals surface area contributed by atoms with Crippen LogP contribution in [0.1, 0.15) is 63.3 Å². The van der Waals surface area contributed by atoms with Gasteiger partial charge in [-0.3, -0.25) is 19.5 Å². The van der Waals surface area contributed by atoms with Gasteiger partial charge in [0.2, 0.25) is 11.8 Å². The largest absolute Gasteiger partial charge is 0.359 e. The third-order valence-corrected chi connectivity index (χ3v) is 4.65. The predicted octanol–water partition coefficient (Wildman–Crippen LogP) is 2.40. The molecule has 0 aromatic carbocycles. The van der Waals surface area contributed by atoms with Gasteiger partial charge in [0.1, 0.15) is 0 Å². The van der Waals surface area contributed by atoms with Crippen LogP contribution >= 0.6 is 24.0 Å². The lowest BCUT2D eigenvalue weighted by Crippen LogP contribution is -2.46. The fraction of sp³-hybridized carbons (Fsp3) is 0.667. The molecule has 1 aliphatic heterocycles. The Morgan fingerprint density at radius 1 is 1.26 bits per heavy atom. The number of nitrogens with one attached hydrogen (secondary N) is 2. The Morgan fingerprint density at radius 2 is 1.93 bits per heavy atom. The summed E-state index contributed by atoms with van der Waals surface area (Å²) in [6.45, 7) is 5.55. The summed E-state index contributed by atoms with van der Waals surface area (Å²) in [5.74, 6) is 1.56. The number of rotatable bonds is 8. The first-order chi connectivity index (χ1) is 12.6. The van der Waals surface area contributed by atoms with Gasteiger partial charge in [0, 0.05) is 45.0 Å². The van der Waals surface area contributed by atoms with Gasteiger partial charge >= 0.3 is 0 Å². The number of aromatic nitrogens is 1. The zero-order chi connectivity index (χ0) is 18.9. The number of imide groups is 1. The molecule has 9 heteroatoms. The highest BCUT2D eigenvalue weighted by Crippen LogP contribution is 2.22. The Balaban J connectivity index is 0.00000364. The molecule has 8 nitrogen and oxygen atoms in total. The van der Waals surface area contributed by atoms with Crippen LogP contribution in [0.4, 0.5) is 0 Å². The molecule has 27 heavy (non-hydrogen) atoms. The summed E-state index contributed by atoms with van der Waals surface area (Å²) >= 11 is 0. The summed E-state index contributed by atoms with van der Waals surface area (Å²) in [5.41, 5.74) is 0.983. The van der Waals surface area contributed by atoms with Crippen molar-refractivity contribution in [1.82, 2.24) is 20.7 Å². The molecule has 2 heterocycles. The molecular formula is C18H30IN5O3. The van der Waals surface area contributed by atoms with Gasteiger partial charge in [-0.1, -0.05) is 19.0 Å². The van der Waals surface area contributed by atoms with E-state index in [2.05, 4.69) is 34.6 Å². The molecule has 0 aliphatic carbocycles. The van der Waals surface area contributed by atoms with E-state index in [1.54, 1.807) is 7.05 Å². The molecule has 0 bridgehead atoms. The molecule has 0 unspecified atom stereocenters. The van der Waals surface area contributed by atoms with Gasteiger partial charge in [0.25, 0.3) is 0 Å². The van der Waals surface area contributed by atoms with E-state index in [9.17, 15) is 9.59 Å². The van der Waals surface area contributed by atoms with Gasteiger partial charge in [-0.05, 0) is 19.3 Å². The SMILES string of the molecule is CCC(CC)c1cc(CNC(=NC)NCCN2C(=O)CCCC2=O)on1.I. The Labute approximate surface area is 177 Å². The molecule has 1 aromatic rings. The maximum absolute atomic E-state index is 11.8. The summed E-state index contributed by atoms with van der Waals surface area (Å²) in [6, 6.07) is 1.98. The quantitative estimate of drug-likeness (QED) is 0.251. The summed E-state index contributed by atoms with van der Waals surface area (Å²) in [6.07, 6.45) is 3.62. The highest BCUT2D eigenvalue weighted by Gasteiger charge is 2.25. The fourth-order valence-electron chi connectivity index (χ4n) is 3.04. The molecule has 152 valence electrons. The van der Waals surface area contributed by atoms with E-state index in [1.165, 1.54) is 4.90 Å². The van der Waals surface area contributed by atoms with Crippen LogP contribution in [0, 0.1) is 0 Å². The van der Waals surface area contributed by atoms with E-state index in [0.29, 0.717) is 50.8 Å². The number of nitrogens with zero attached hydrogens (tertiary/aromatic N) is 3. The standard InChI is InChI=1S/C18H29N5O3.HI/c1-4-13(5-2)15-11-14(26-22-15)12-21-18(19-3)20-9-10-23-16(24)7-6-8-17(23)25;/h11,13H,4-10,12H2,1-3H3,(H2,19,20,21);1H. The van der Waals surface area contributed by atoms with Crippen molar-refractivity contribution in [1.29, 1.82) is 0 Å². The van der Waals surface area contributed by atoms with Crippen molar-refractivity contribution < 1.29 is 14.1 Å². The maximum Gasteiger partial charge on any atom is 0.229 e. The van der Waals surface area contributed by atoms with Crippen LogP contribution in [0.25, 0.3) is 0 Å². The number of carbonyl (C=O) groups is 2. The monoisotopic (exact) mass is 491 g/mol. The Bertz CT molecular complexity index is 627. The van der Waals surface area contributed by atoms with Gasteiger partial charge in [0.15, 0.2) is 11.7 Å². The van der Waals surface area contributed by atoms with E-state index in [1.807, 2.05) is 6.07 Å². The number of carbonyl (C=O) groups excluding carboxylic acids is 2. The maximum atomic E-state index is 11.8.